The predicted molar refractivity (Wildman–Crippen MR) is 67.4 cm³/mol. The molecule has 0 aliphatic carbocycles. The van der Waals surface area contributed by atoms with Crippen molar-refractivity contribution in [3.8, 4) is 0 Å². The topological polar surface area (TPSA) is 97.8 Å². The minimum absolute atomic E-state index is 0. The maximum Gasteiger partial charge on any atom is 0.167 e. The van der Waals surface area contributed by atoms with E-state index < -0.39 is 6.29 Å². The van der Waals surface area contributed by atoms with E-state index in [2.05, 4.69) is 17.6 Å². The molecule has 0 bridgehead atoms. The van der Waals surface area contributed by atoms with Crippen molar-refractivity contribution in [2.45, 2.75) is 32.2 Å². The molecule has 2 aliphatic rings. The third kappa shape index (κ3) is 8.48. The second-order valence-corrected chi connectivity index (χ2v) is 4.02. The summed E-state index contributed by atoms with van der Waals surface area (Å²) < 4.78 is 10.2. The fourth-order valence-electron chi connectivity index (χ4n) is 1.68. The Labute approximate surface area is 104 Å². The predicted octanol–water partition coefficient (Wildman–Crippen LogP) is -0.138. The second-order valence-electron chi connectivity index (χ2n) is 4.02. The van der Waals surface area contributed by atoms with E-state index >= 15 is 0 Å². The van der Waals surface area contributed by atoms with Gasteiger partial charge < -0.3 is 31.4 Å². The quantitative estimate of drug-likeness (QED) is 0.544. The number of rotatable bonds is 2. The van der Waals surface area contributed by atoms with Crippen LogP contribution in [0.3, 0.4) is 0 Å². The molecule has 17 heavy (non-hydrogen) atoms. The number of aliphatic hydroxyl groups excluding tert-OH is 1. The molecule has 0 aromatic rings. The Bertz CT molecular complexity index is 157. The largest absolute Gasteiger partial charge is 0.376 e. The molecule has 2 fully saturated rings. The molecule has 2 rings (SSSR count). The van der Waals surface area contributed by atoms with E-state index in [1.165, 1.54) is 12.8 Å². The Morgan fingerprint density at radius 3 is 2.12 bits per heavy atom. The van der Waals surface area contributed by atoms with Crippen molar-refractivity contribution in [2.75, 3.05) is 39.4 Å². The Balaban J connectivity index is 0.000000292. The van der Waals surface area contributed by atoms with Gasteiger partial charge in [0.2, 0.25) is 0 Å². The first kappa shape index (κ1) is 16.8. The van der Waals surface area contributed by atoms with Crippen LogP contribution in [0, 0.1) is 0 Å². The summed E-state index contributed by atoms with van der Waals surface area (Å²) in [5.41, 5.74) is 0. The highest BCUT2D eigenvalue weighted by molar-refractivity contribution is 4.65. The van der Waals surface area contributed by atoms with Crippen LogP contribution in [0.2, 0.25) is 0 Å². The smallest absolute Gasteiger partial charge is 0.167 e. The molecule has 0 radical (unpaired) electrons. The first-order valence-corrected chi connectivity index (χ1v) is 6.15. The minimum Gasteiger partial charge on any atom is -0.376 e. The molecule has 2 aliphatic heterocycles. The fourth-order valence-corrected chi connectivity index (χ4v) is 1.68. The van der Waals surface area contributed by atoms with Crippen LogP contribution in [-0.4, -0.2) is 56.9 Å². The van der Waals surface area contributed by atoms with Gasteiger partial charge in [-0.2, -0.15) is 0 Å². The van der Waals surface area contributed by atoms with Crippen molar-refractivity contribution in [1.29, 1.82) is 0 Å². The van der Waals surface area contributed by atoms with Crippen LogP contribution in [0.4, 0.5) is 0 Å². The molecule has 2 atom stereocenters. The molecule has 2 unspecified atom stereocenters. The molecule has 6 N–H and O–H groups in total. The Morgan fingerprint density at radius 2 is 1.76 bits per heavy atom. The van der Waals surface area contributed by atoms with Gasteiger partial charge in [-0.05, 0) is 6.42 Å². The second kappa shape index (κ2) is 10.9. The first-order chi connectivity index (χ1) is 7.83. The zero-order valence-electron chi connectivity index (χ0n) is 10.8. The van der Waals surface area contributed by atoms with Crippen LogP contribution >= 0.6 is 0 Å². The van der Waals surface area contributed by atoms with E-state index in [-0.39, 0.29) is 6.15 Å². The van der Waals surface area contributed by atoms with E-state index in [1.54, 1.807) is 0 Å². The molecule has 2 saturated heterocycles. The van der Waals surface area contributed by atoms with Gasteiger partial charge in [0, 0.05) is 26.2 Å². The molecule has 6 nitrogen and oxygen atoms in total. The molecular weight excluding hydrogens is 222 g/mol. The molecule has 0 saturated carbocycles. The number of ether oxygens (including phenoxy) is 2. The average molecular weight is 249 g/mol. The SMILES string of the molecule is CCCC1CNCCO1.N.OC1CNCCO1. The highest BCUT2D eigenvalue weighted by Gasteiger charge is 2.10. The number of hydrogen-bond acceptors (Lipinski definition) is 6. The number of hydrogen-bond donors (Lipinski definition) is 4. The average Bonchev–Trinajstić information content (AvgIpc) is 2.33. The normalized spacial score (nSPS) is 28.6. The van der Waals surface area contributed by atoms with Gasteiger partial charge in [-0.15, -0.1) is 0 Å². The summed E-state index contributed by atoms with van der Waals surface area (Å²) in [4.78, 5) is 0. The number of nitrogens with one attached hydrogen (secondary N) is 2. The lowest BCUT2D eigenvalue weighted by Gasteiger charge is -2.22. The van der Waals surface area contributed by atoms with E-state index in [0.717, 1.165) is 26.2 Å². The van der Waals surface area contributed by atoms with Gasteiger partial charge in [0.05, 0.1) is 19.3 Å². The summed E-state index contributed by atoms with van der Waals surface area (Å²) in [6.07, 6.45) is 2.34. The summed E-state index contributed by atoms with van der Waals surface area (Å²) in [5.74, 6) is 0. The van der Waals surface area contributed by atoms with Crippen LogP contribution in [0.5, 0.6) is 0 Å². The molecule has 0 amide bonds. The summed E-state index contributed by atoms with van der Waals surface area (Å²) in [5, 5.41) is 14.9. The third-order valence-corrected chi connectivity index (χ3v) is 2.52. The van der Waals surface area contributed by atoms with Crippen LogP contribution in [0.1, 0.15) is 19.8 Å². The lowest BCUT2D eigenvalue weighted by atomic mass is 10.2. The maximum atomic E-state index is 8.62. The standard InChI is InChI=1S/C7H15NO.C4H9NO2.H3N/c1-2-3-7-6-8-4-5-9-7;6-4-3-5-1-2-7-4;/h7-8H,2-6H2,1H3;4-6H,1-3H2;1H3. The van der Waals surface area contributed by atoms with E-state index in [0.29, 0.717) is 19.3 Å². The van der Waals surface area contributed by atoms with Crippen molar-refractivity contribution >= 4 is 0 Å². The van der Waals surface area contributed by atoms with Gasteiger partial charge in [0.25, 0.3) is 0 Å². The molecule has 104 valence electrons. The Morgan fingerprint density at radius 1 is 1.12 bits per heavy atom. The molecule has 2 heterocycles. The van der Waals surface area contributed by atoms with Crippen LogP contribution in [0.25, 0.3) is 0 Å². The van der Waals surface area contributed by atoms with Crippen LogP contribution in [-0.2, 0) is 9.47 Å². The summed E-state index contributed by atoms with van der Waals surface area (Å²) in [6, 6.07) is 0. The Hall–Kier alpha value is -0.240. The molecule has 0 aromatic heterocycles. The van der Waals surface area contributed by atoms with Crippen LogP contribution < -0.4 is 16.8 Å². The van der Waals surface area contributed by atoms with Crippen molar-refractivity contribution in [3.63, 3.8) is 0 Å². The van der Waals surface area contributed by atoms with Gasteiger partial charge in [-0.3, -0.25) is 0 Å². The molecular formula is C11H27N3O3. The lowest BCUT2D eigenvalue weighted by Crippen LogP contribution is -2.38. The van der Waals surface area contributed by atoms with Gasteiger partial charge in [-0.25, -0.2) is 0 Å². The fraction of sp³-hybridized carbons (Fsp3) is 1.00. The highest BCUT2D eigenvalue weighted by Crippen LogP contribution is 2.02. The minimum atomic E-state index is -0.575. The van der Waals surface area contributed by atoms with Gasteiger partial charge >= 0.3 is 0 Å². The van der Waals surface area contributed by atoms with Crippen LogP contribution in [0.15, 0.2) is 0 Å². The summed E-state index contributed by atoms with van der Waals surface area (Å²) in [6.45, 7) is 7.22. The van der Waals surface area contributed by atoms with Crippen molar-refractivity contribution in [1.82, 2.24) is 16.8 Å². The molecule has 6 heteroatoms. The summed E-state index contributed by atoms with van der Waals surface area (Å²) in [7, 11) is 0. The molecule has 0 spiro atoms. The van der Waals surface area contributed by atoms with Crippen molar-refractivity contribution < 1.29 is 14.6 Å². The first-order valence-electron chi connectivity index (χ1n) is 6.15. The maximum absolute atomic E-state index is 8.62. The van der Waals surface area contributed by atoms with Gasteiger partial charge in [0.1, 0.15) is 0 Å². The number of morpholine rings is 2. The van der Waals surface area contributed by atoms with Gasteiger partial charge in [0.15, 0.2) is 6.29 Å². The van der Waals surface area contributed by atoms with Crippen molar-refractivity contribution in [3.05, 3.63) is 0 Å². The lowest BCUT2D eigenvalue weighted by molar-refractivity contribution is -0.112. The highest BCUT2D eigenvalue weighted by atomic mass is 16.6. The monoisotopic (exact) mass is 249 g/mol. The van der Waals surface area contributed by atoms with E-state index in [4.69, 9.17) is 14.6 Å². The summed E-state index contributed by atoms with van der Waals surface area (Å²) >= 11 is 0. The number of β-amino-alcohol motifs (C(OH)–C–C–N with tert-alkyl or cyclic N) is 1. The van der Waals surface area contributed by atoms with Crippen molar-refractivity contribution in [2.24, 2.45) is 0 Å². The number of aliphatic hydroxyl groups is 1. The third-order valence-electron chi connectivity index (χ3n) is 2.52. The Kier molecular flexibility index (Phi) is 10.7. The van der Waals surface area contributed by atoms with E-state index in [1.807, 2.05) is 0 Å². The molecule has 0 aromatic carbocycles. The van der Waals surface area contributed by atoms with E-state index in [9.17, 15) is 0 Å². The van der Waals surface area contributed by atoms with Gasteiger partial charge in [-0.1, -0.05) is 13.3 Å². The zero-order chi connectivity index (χ0) is 11.6. The zero-order valence-corrected chi connectivity index (χ0v) is 10.8.